The Morgan fingerprint density at radius 1 is 0.703 bits per heavy atom. The first-order valence-electron chi connectivity index (χ1n) is 12.4. The molecular formula is C24H38O13. The molecule has 13 heteroatoms. The zero-order valence-corrected chi connectivity index (χ0v) is 22.0. The van der Waals surface area contributed by atoms with Gasteiger partial charge in [-0.3, -0.25) is 19.2 Å². The Bertz CT molecular complexity index is 802. The van der Waals surface area contributed by atoms with Gasteiger partial charge in [-0.05, 0) is 20.3 Å². The molecule has 10 atom stereocenters. The van der Waals surface area contributed by atoms with Crippen LogP contribution in [0.2, 0.25) is 0 Å². The van der Waals surface area contributed by atoms with E-state index >= 15 is 0 Å². The van der Waals surface area contributed by atoms with Crippen molar-refractivity contribution in [3.8, 4) is 0 Å². The normalized spacial score (nSPS) is 35.8. The maximum Gasteiger partial charge on any atom is 0.306 e. The van der Waals surface area contributed by atoms with Crippen LogP contribution in [0, 0.1) is 0 Å². The predicted molar refractivity (Wildman–Crippen MR) is 122 cm³/mol. The van der Waals surface area contributed by atoms with Crippen molar-refractivity contribution in [1.82, 2.24) is 0 Å². The second-order valence-electron chi connectivity index (χ2n) is 9.17. The minimum absolute atomic E-state index is 0.133. The topological polar surface area (TPSA) is 173 Å². The number of aliphatic hydroxyl groups excluding tert-OH is 2. The Morgan fingerprint density at radius 2 is 1.22 bits per heavy atom. The van der Waals surface area contributed by atoms with Crippen LogP contribution in [0.3, 0.4) is 0 Å². The van der Waals surface area contributed by atoms with Gasteiger partial charge in [-0.2, -0.15) is 0 Å². The molecule has 212 valence electrons. The van der Waals surface area contributed by atoms with Gasteiger partial charge in [0.15, 0.2) is 37.0 Å². The van der Waals surface area contributed by atoms with Crippen LogP contribution in [-0.4, -0.2) is 95.5 Å². The number of carbonyl (C=O) groups excluding carboxylic acids is 4. The zero-order valence-electron chi connectivity index (χ0n) is 22.0. The summed E-state index contributed by atoms with van der Waals surface area (Å²) in [6.07, 6.45) is -10.6. The van der Waals surface area contributed by atoms with E-state index in [0.29, 0.717) is 6.42 Å². The molecule has 0 unspecified atom stereocenters. The van der Waals surface area contributed by atoms with Crippen molar-refractivity contribution in [3.05, 3.63) is 0 Å². The highest BCUT2D eigenvalue weighted by atomic mass is 16.7. The predicted octanol–water partition coefficient (Wildman–Crippen LogP) is 0.502. The van der Waals surface area contributed by atoms with Crippen molar-refractivity contribution in [2.45, 2.75) is 129 Å². The van der Waals surface area contributed by atoms with Gasteiger partial charge in [-0.1, -0.05) is 19.8 Å². The van der Waals surface area contributed by atoms with Crippen molar-refractivity contribution in [3.63, 3.8) is 0 Å². The van der Waals surface area contributed by atoms with Crippen molar-refractivity contribution in [2.24, 2.45) is 0 Å². The zero-order chi connectivity index (χ0) is 27.9. The summed E-state index contributed by atoms with van der Waals surface area (Å²) in [4.78, 5) is 47.9. The molecule has 2 aliphatic rings. The van der Waals surface area contributed by atoms with Crippen LogP contribution in [0.25, 0.3) is 0 Å². The van der Waals surface area contributed by atoms with E-state index in [2.05, 4.69) is 0 Å². The molecule has 2 aliphatic heterocycles. The van der Waals surface area contributed by atoms with Crippen LogP contribution in [0.15, 0.2) is 0 Å². The molecule has 2 fully saturated rings. The third-order valence-corrected chi connectivity index (χ3v) is 5.95. The Balaban J connectivity index is 2.36. The molecule has 2 N–H and O–H groups in total. The lowest BCUT2D eigenvalue weighted by Gasteiger charge is -2.47. The first kappa shape index (κ1) is 30.9. The molecule has 13 nitrogen and oxygen atoms in total. The number of ether oxygens (including phenoxy) is 7. The molecule has 2 rings (SSSR count). The van der Waals surface area contributed by atoms with Crippen LogP contribution in [-0.2, 0) is 52.3 Å². The maximum absolute atomic E-state index is 12.5. The lowest BCUT2D eigenvalue weighted by atomic mass is 9.96. The highest BCUT2D eigenvalue weighted by molar-refractivity contribution is 5.69. The van der Waals surface area contributed by atoms with E-state index in [1.807, 2.05) is 6.92 Å². The van der Waals surface area contributed by atoms with Crippen LogP contribution in [0.4, 0.5) is 0 Å². The number of rotatable bonds is 10. The van der Waals surface area contributed by atoms with E-state index in [9.17, 15) is 29.4 Å². The van der Waals surface area contributed by atoms with Gasteiger partial charge in [0, 0.05) is 27.2 Å². The average molecular weight is 535 g/mol. The van der Waals surface area contributed by atoms with Crippen LogP contribution >= 0.6 is 0 Å². The van der Waals surface area contributed by atoms with Crippen molar-refractivity contribution < 1.29 is 62.5 Å². The number of hydrogen-bond acceptors (Lipinski definition) is 13. The Morgan fingerprint density at radius 3 is 1.78 bits per heavy atom. The quantitative estimate of drug-likeness (QED) is 0.225. The lowest BCUT2D eigenvalue weighted by Crippen LogP contribution is -2.65. The molecule has 37 heavy (non-hydrogen) atoms. The van der Waals surface area contributed by atoms with E-state index in [0.717, 1.165) is 33.6 Å². The fourth-order valence-electron chi connectivity index (χ4n) is 4.29. The maximum atomic E-state index is 12.5. The summed E-state index contributed by atoms with van der Waals surface area (Å²) in [5.74, 6) is -2.77. The summed E-state index contributed by atoms with van der Waals surface area (Å²) < 4.78 is 38.6. The smallest absolute Gasteiger partial charge is 0.306 e. The highest BCUT2D eigenvalue weighted by Crippen LogP contribution is 2.33. The van der Waals surface area contributed by atoms with Gasteiger partial charge >= 0.3 is 23.9 Å². The van der Waals surface area contributed by atoms with Gasteiger partial charge < -0.3 is 43.4 Å². The van der Waals surface area contributed by atoms with Crippen LogP contribution in [0.5, 0.6) is 0 Å². The van der Waals surface area contributed by atoms with Gasteiger partial charge in [-0.15, -0.1) is 0 Å². The molecule has 0 amide bonds. The second kappa shape index (κ2) is 14.0. The highest BCUT2D eigenvalue weighted by Gasteiger charge is 2.54. The summed E-state index contributed by atoms with van der Waals surface area (Å²) in [7, 11) is 0. The van der Waals surface area contributed by atoms with E-state index in [4.69, 9.17) is 33.2 Å². The second-order valence-corrected chi connectivity index (χ2v) is 9.17. The number of aliphatic hydroxyl groups is 2. The number of carbonyl (C=O) groups is 4. The summed E-state index contributed by atoms with van der Waals surface area (Å²) in [6.45, 7) is 8.43. The molecule has 0 bridgehead atoms. The standard InChI is InChI=1S/C24H38O13/c1-7-8-9-10-16(28)36-18-11(2)31-23(30)17(29)20(18)37-24-22(35-15(6)27)21(34-14(5)26)19(12(3)32-24)33-13(4)25/h11-12,17-24,29-30H,7-10H2,1-6H3/t11-,12-,17+,18-,19-,20-,21+,22+,23+,24-/m0/s1. The van der Waals surface area contributed by atoms with Gasteiger partial charge in [0.2, 0.25) is 0 Å². The summed E-state index contributed by atoms with van der Waals surface area (Å²) >= 11 is 0. The molecule has 0 aromatic heterocycles. The monoisotopic (exact) mass is 534 g/mol. The summed E-state index contributed by atoms with van der Waals surface area (Å²) in [6, 6.07) is 0. The van der Waals surface area contributed by atoms with Gasteiger partial charge in [0.1, 0.15) is 12.2 Å². The first-order chi connectivity index (χ1) is 17.3. The molecular weight excluding hydrogens is 496 g/mol. The fraction of sp³-hybridized carbons (Fsp3) is 0.833. The molecule has 2 heterocycles. The van der Waals surface area contributed by atoms with E-state index in [-0.39, 0.29) is 6.42 Å². The Kier molecular flexibility index (Phi) is 11.7. The third-order valence-electron chi connectivity index (χ3n) is 5.95. The third kappa shape index (κ3) is 8.60. The Hall–Kier alpha value is -2.32. The average Bonchev–Trinajstić information content (AvgIpc) is 2.78. The molecule has 0 aromatic rings. The molecule has 0 saturated carbocycles. The van der Waals surface area contributed by atoms with Crippen molar-refractivity contribution in [1.29, 1.82) is 0 Å². The molecule has 2 saturated heterocycles. The number of hydrogen-bond donors (Lipinski definition) is 2. The number of esters is 4. The van der Waals surface area contributed by atoms with Crippen molar-refractivity contribution in [2.75, 3.05) is 0 Å². The molecule has 0 radical (unpaired) electrons. The van der Waals surface area contributed by atoms with E-state index < -0.39 is 85.3 Å². The van der Waals surface area contributed by atoms with Crippen LogP contribution in [0.1, 0.15) is 67.2 Å². The molecule has 0 spiro atoms. The van der Waals surface area contributed by atoms with E-state index in [1.165, 1.54) is 13.8 Å². The Labute approximate surface area is 215 Å². The van der Waals surface area contributed by atoms with E-state index in [1.54, 1.807) is 0 Å². The minimum atomic E-state index is -1.68. The largest absolute Gasteiger partial charge is 0.457 e. The van der Waals surface area contributed by atoms with Gasteiger partial charge in [0.05, 0.1) is 12.2 Å². The lowest BCUT2D eigenvalue weighted by molar-refractivity contribution is -0.351. The number of unbranched alkanes of at least 4 members (excludes halogenated alkanes) is 2. The minimum Gasteiger partial charge on any atom is -0.457 e. The van der Waals surface area contributed by atoms with Crippen LogP contribution < -0.4 is 0 Å². The van der Waals surface area contributed by atoms with Gasteiger partial charge in [-0.25, -0.2) is 0 Å². The first-order valence-corrected chi connectivity index (χ1v) is 12.4. The SMILES string of the molecule is CCCCCC(=O)O[C@@H]1[C@@H](O[C@@H]2O[C@@H](C)[C@H](OC(C)=O)[C@@H](OC(C)=O)[C@H]2OC(C)=O)[C@@H](O)[C@H](O)O[C@H]1C. The molecule has 0 aromatic carbocycles. The van der Waals surface area contributed by atoms with Gasteiger partial charge in [0.25, 0.3) is 0 Å². The summed E-state index contributed by atoms with van der Waals surface area (Å²) in [5, 5.41) is 20.9. The fourth-order valence-corrected chi connectivity index (χ4v) is 4.29. The molecule has 0 aliphatic carbocycles. The van der Waals surface area contributed by atoms with Crippen molar-refractivity contribution >= 4 is 23.9 Å². The summed E-state index contributed by atoms with van der Waals surface area (Å²) in [5.41, 5.74) is 0.